The Morgan fingerprint density at radius 3 is 2.59 bits per heavy atom. The Labute approximate surface area is 136 Å². The summed E-state index contributed by atoms with van der Waals surface area (Å²) in [7, 11) is 0. The van der Waals surface area contributed by atoms with Crippen molar-refractivity contribution < 1.29 is 14.3 Å². The highest BCUT2D eigenvalue weighted by Gasteiger charge is 2.29. The van der Waals surface area contributed by atoms with Crippen molar-refractivity contribution >= 4 is 23.2 Å². The molecule has 1 fully saturated rings. The van der Waals surface area contributed by atoms with E-state index < -0.39 is 0 Å². The van der Waals surface area contributed by atoms with Crippen LogP contribution in [0, 0.1) is 12.8 Å². The summed E-state index contributed by atoms with van der Waals surface area (Å²) in [5, 5.41) is 0. The summed E-state index contributed by atoms with van der Waals surface area (Å²) < 4.78 is 5.07. The molecule has 22 heavy (non-hydrogen) atoms. The van der Waals surface area contributed by atoms with Gasteiger partial charge in [0.2, 0.25) is 0 Å². The van der Waals surface area contributed by atoms with Gasteiger partial charge in [-0.2, -0.15) is 0 Å². The molecule has 2 rings (SSSR count). The lowest BCUT2D eigenvalue weighted by Gasteiger charge is -2.30. The Balaban J connectivity index is 1.95. The van der Waals surface area contributed by atoms with Crippen LogP contribution in [0.1, 0.15) is 53.2 Å². The predicted octanol–water partition coefficient (Wildman–Crippen LogP) is 3.42. The molecular formula is C17H25NO3S. The number of rotatable bonds is 5. The molecule has 5 heteroatoms. The normalized spacial score (nSPS) is 15.9. The van der Waals surface area contributed by atoms with Crippen LogP contribution in [0.5, 0.6) is 0 Å². The fraction of sp³-hybridized carbons (Fsp3) is 0.647. The van der Waals surface area contributed by atoms with Gasteiger partial charge in [-0.3, -0.25) is 9.59 Å². The van der Waals surface area contributed by atoms with E-state index in [2.05, 4.69) is 13.8 Å². The van der Waals surface area contributed by atoms with E-state index in [9.17, 15) is 9.59 Å². The minimum Gasteiger partial charge on any atom is -0.466 e. The summed E-state index contributed by atoms with van der Waals surface area (Å²) in [5.41, 5.74) is 1.29. The molecule has 0 saturated carbocycles. The van der Waals surface area contributed by atoms with Crippen molar-refractivity contribution in [2.24, 2.45) is 5.92 Å². The van der Waals surface area contributed by atoms with E-state index in [4.69, 9.17) is 4.74 Å². The zero-order valence-corrected chi connectivity index (χ0v) is 14.5. The van der Waals surface area contributed by atoms with Gasteiger partial charge in [0.15, 0.2) is 0 Å². The maximum atomic E-state index is 12.6. The molecule has 122 valence electrons. The van der Waals surface area contributed by atoms with Crippen molar-refractivity contribution in [3.05, 3.63) is 21.4 Å². The van der Waals surface area contributed by atoms with Crippen LogP contribution < -0.4 is 0 Å². The number of carbonyl (C=O) groups excluding carboxylic acids is 2. The largest absolute Gasteiger partial charge is 0.466 e. The highest BCUT2D eigenvalue weighted by atomic mass is 32.1. The fourth-order valence-corrected chi connectivity index (χ4v) is 3.92. The van der Waals surface area contributed by atoms with Crippen molar-refractivity contribution in [2.75, 3.05) is 19.7 Å². The molecule has 0 bridgehead atoms. The summed E-state index contributed by atoms with van der Waals surface area (Å²) >= 11 is 1.59. The van der Waals surface area contributed by atoms with E-state index in [1.807, 2.05) is 17.9 Å². The Kier molecular flexibility index (Phi) is 6.00. The van der Waals surface area contributed by atoms with Crippen molar-refractivity contribution in [1.82, 2.24) is 4.90 Å². The highest BCUT2D eigenvalue weighted by molar-refractivity contribution is 7.14. The van der Waals surface area contributed by atoms with Gasteiger partial charge >= 0.3 is 5.97 Å². The zero-order valence-electron chi connectivity index (χ0n) is 13.7. The van der Waals surface area contributed by atoms with Crippen LogP contribution in [0.25, 0.3) is 0 Å². The maximum absolute atomic E-state index is 12.6. The molecule has 1 saturated heterocycles. The minimum atomic E-state index is -0.119. The van der Waals surface area contributed by atoms with E-state index in [0.29, 0.717) is 32.5 Å². The van der Waals surface area contributed by atoms with Gasteiger partial charge in [0, 0.05) is 18.0 Å². The van der Waals surface area contributed by atoms with Gasteiger partial charge in [-0.15, -0.1) is 11.3 Å². The molecule has 0 spiro atoms. The second-order valence-corrected chi connectivity index (χ2v) is 7.02. The molecule has 1 aliphatic rings. The predicted molar refractivity (Wildman–Crippen MR) is 88.3 cm³/mol. The standard InChI is InChI=1S/C17H25NO3S/c1-4-6-14-11-15(22-12(14)3)16(19)18-9-7-13(8-10-18)17(20)21-5-2/h11,13H,4-10H2,1-3H3. The van der Waals surface area contributed by atoms with Crippen LogP contribution >= 0.6 is 11.3 Å². The summed E-state index contributed by atoms with van der Waals surface area (Å²) in [6, 6.07) is 2.04. The number of amides is 1. The Morgan fingerprint density at radius 1 is 1.32 bits per heavy atom. The third-order valence-electron chi connectivity index (χ3n) is 4.15. The molecule has 0 radical (unpaired) electrons. The third kappa shape index (κ3) is 3.88. The second kappa shape index (κ2) is 7.77. The molecule has 2 heterocycles. The number of esters is 1. The van der Waals surface area contributed by atoms with Gasteiger partial charge in [0.05, 0.1) is 17.4 Å². The number of piperidine rings is 1. The highest BCUT2D eigenvalue weighted by Crippen LogP contribution is 2.26. The quantitative estimate of drug-likeness (QED) is 0.780. The van der Waals surface area contributed by atoms with E-state index >= 15 is 0 Å². The van der Waals surface area contributed by atoms with Gasteiger partial charge in [0.1, 0.15) is 0 Å². The molecule has 1 aromatic heterocycles. The summed E-state index contributed by atoms with van der Waals surface area (Å²) in [4.78, 5) is 28.3. The molecule has 0 aliphatic carbocycles. The third-order valence-corrected chi connectivity index (χ3v) is 5.23. The molecule has 0 aromatic carbocycles. The number of hydrogen-bond donors (Lipinski definition) is 0. The smallest absolute Gasteiger partial charge is 0.309 e. The number of ether oxygens (including phenoxy) is 1. The van der Waals surface area contributed by atoms with Gasteiger partial charge in [-0.05, 0) is 44.7 Å². The number of hydrogen-bond acceptors (Lipinski definition) is 4. The van der Waals surface area contributed by atoms with Gasteiger partial charge in [0.25, 0.3) is 5.91 Å². The number of nitrogens with zero attached hydrogens (tertiary/aromatic N) is 1. The van der Waals surface area contributed by atoms with E-state index in [1.165, 1.54) is 10.4 Å². The first-order chi connectivity index (χ1) is 10.6. The Bertz CT molecular complexity index is 530. The lowest BCUT2D eigenvalue weighted by molar-refractivity contribution is -0.149. The van der Waals surface area contributed by atoms with Gasteiger partial charge < -0.3 is 9.64 Å². The fourth-order valence-electron chi connectivity index (χ4n) is 2.88. The topological polar surface area (TPSA) is 46.6 Å². The summed E-state index contributed by atoms with van der Waals surface area (Å²) in [5.74, 6) is -0.0608. The first-order valence-corrected chi connectivity index (χ1v) is 8.93. The SMILES string of the molecule is CCCc1cc(C(=O)N2CCC(C(=O)OCC)CC2)sc1C. The number of thiophene rings is 1. The van der Waals surface area contributed by atoms with Gasteiger partial charge in [-0.25, -0.2) is 0 Å². The number of carbonyl (C=O) groups is 2. The van der Waals surface area contributed by atoms with Crippen LogP contribution in [-0.4, -0.2) is 36.5 Å². The molecular weight excluding hydrogens is 298 g/mol. The Morgan fingerprint density at radius 2 is 2.00 bits per heavy atom. The van der Waals surface area contributed by atoms with E-state index in [1.54, 1.807) is 11.3 Å². The molecule has 1 amide bonds. The molecule has 0 atom stereocenters. The van der Waals surface area contributed by atoms with Crippen LogP contribution in [-0.2, 0) is 16.0 Å². The molecule has 1 aromatic rings. The Hall–Kier alpha value is -1.36. The van der Waals surface area contributed by atoms with Crippen molar-refractivity contribution in [2.45, 2.75) is 46.5 Å². The zero-order chi connectivity index (χ0) is 16.1. The van der Waals surface area contributed by atoms with Crippen LogP contribution in [0.2, 0.25) is 0 Å². The summed E-state index contributed by atoms with van der Waals surface area (Å²) in [6.45, 7) is 7.76. The average molecular weight is 323 g/mol. The average Bonchev–Trinajstić information content (AvgIpc) is 2.88. The molecule has 1 aliphatic heterocycles. The van der Waals surface area contributed by atoms with Crippen LogP contribution in [0.15, 0.2) is 6.07 Å². The van der Waals surface area contributed by atoms with Crippen LogP contribution in [0.3, 0.4) is 0 Å². The maximum Gasteiger partial charge on any atom is 0.309 e. The number of likely N-dealkylation sites (tertiary alicyclic amines) is 1. The lowest BCUT2D eigenvalue weighted by atomic mass is 9.97. The minimum absolute atomic E-state index is 0.0512. The van der Waals surface area contributed by atoms with Crippen LogP contribution in [0.4, 0.5) is 0 Å². The van der Waals surface area contributed by atoms with Crippen molar-refractivity contribution in [3.8, 4) is 0 Å². The van der Waals surface area contributed by atoms with E-state index in [-0.39, 0.29) is 17.8 Å². The monoisotopic (exact) mass is 323 g/mol. The van der Waals surface area contributed by atoms with E-state index in [0.717, 1.165) is 17.7 Å². The second-order valence-electron chi connectivity index (χ2n) is 5.76. The first-order valence-electron chi connectivity index (χ1n) is 8.12. The van der Waals surface area contributed by atoms with Gasteiger partial charge in [-0.1, -0.05) is 13.3 Å². The molecule has 4 nitrogen and oxygen atoms in total. The number of aryl methyl sites for hydroxylation is 2. The van der Waals surface area contributed by atoms with Crippen molar-refractivity contribution in [1.29, 1.82) is 0 Å². The van der Waals surface area contributed by atoms with Crippen molar-refractivity contribution in [3.63, 3.8) is 0 Å². The summed E-state index contributed by atoms with van der Waals surface area (Å²) in [6.07, 6.45) is 3.53. The molecule has 0 unspecified atom stereocenters. The molecule has 0 N–H and O–H groups in total. The lowest BCUT2D eigenvalue weighted by Crippen LogP contribution is -2.40. The first kappa shape index (κ1) is 17.0.